The number of aliphatic hydroxyl groups excluding tert-OH is 1. The van der Waals surface area contributed by atoms with Crippen LogP contribution in [0.15, 0.2) is 48.5 Å². The third-order valence-electron chi connectivity index (χ3n) is 8.22. The average Bonchev–Trinajstić information content (AvgIpc) is 3.50. The van der Waals surface area contributed by atoms with Gasteiger partial charge in [-0.25, -0.2) is 5.48 Å². The van der Waals surface area contributed by atoms with E-state index in [4.69, 9.17) is 19.4 Å². The van der Waals surface area contributed by atoms with Crippen molar-refractivity contribution in [2.24, 2.45) is 0 Å². The van der Waals surface area contributed by atoms with Gasteiger partial charge >= 0.3 is 5.97 Å². The number of nitrogens with zero attached hydrogens (tertiary/aromatic N) is 1. The van der Waals surface area contributed by atoms with Crippen LogP contribution in [-0.4, -0.2) is 63.8 Å². The molecule has 0 saturated carbocycles. The first-order valence-corrected chi connectivity index (χ1v) is 16.3. The Labute approximate surface area is 271 Å². The number of hydroxylamine groups is 1. The summed E-state index contributed by atoms with van der Waals surface area (Å²) < 4.78 is 18.8. The Hall–Kier alpha value is -3.35. The number of esters is 1. The molecule has 2 aliphatic rings. The Morgan fingerprint density at radius 3 is 2.35 bits per heavy atom. The fourth-order valence-corrected chi connectivity index (χ4v) is 5.94. The number of carbonyl (C=O) groups excluding carboxylic acids is 3. The maximum atomic E-state index is 13.0. The van der Waals surface area contributed by atoms with Gasteiger partial charge in [-0.1, -0.05) is 49.2 Å². The number of likely N-dealkylation sites (tertiary alicyclic amines) is 1. The summed E-state index contributed by atoms with van der Waals surface area (Å²) in [5.41, 5.74) is 4.28. The molecular formula is C35H49N3O8. The van der Waals surface area contributed by atoms with Crippen LogP contribution in [0.2, 0.25) is 0 Å². The largest absolute Gasteiger partial charge is 0.459 e. The SMILES string of the molecule is CC(C)(C)OC(=O)[C@@H]1CCCN1C[C@H]1C[C@@H](c2ccc(CO)cc2)O[C@@H](c2cccc(NC(=O)CCCCCCC(=O)NO)c2)O1. The molecule has 4 N–H and O–H groups in total. The van der Waals surface area contributed by atoms with E-state index in [1.807, 2.05) is 69.3 Å². The van der Waals surface area contributed by atoms with Crippen LogP contribution in [-0.2, 0) is 35.2 Å². The third kappa shape index (κ3) is 10.9. The normalized spacial score (nSPS) is 21.9. The van der Waals surface area contributed by atoms with Crippen LogP contribution in [0.1, 0.15) is 108 Å². The molecule has 0 unspecified atom stereocenters. The molecule has 2 amide bonds. The summed E-state index contributed by atoms with van der Waals surface area (Å²) in [5, 5.41) is 21.1. The van der Waals surface area contributed by atoms with Gasteiger partial charge in [-0.3, -0.25) is 24.5 Å². The molecule has 2 heterocycles. The highest BCUT2D eigenvalue weighted by Crippen LogP contribution is 2.39. The lowest BCUT2D eigenvalue weighted by molar-refractivity contribution is -0.253. The number of benzene rings is 2. The van der Waals surface area contributed by atoms with Crippen LogP contribution < -0.4 is 10.8 Å². The molecule has 2 aromatic carbocycles. The van der Waals surface area contributed by atoms with Crippen molar-refractivity contribution in [2.75, 3.05) is 18.4 Å². The molecule has 46 heavy (non-hydrogen) atoms. The number of unbranched alkanes of at least 4 members (excludes halogenated alkanes) is 3. The van der Waals surface area contributed by atoms with E-state index in [1.165, 1.54) is 0 Å². The Morgan fingerprint density at radius 1 is 0.957 bits per heavy atom. The van der Waals surface area contributed by atoms with E-state index in [1.54, 1.807) is 5.48 Å². The van der Waals surface area contributed by atoms with Crippen molar-refractivity contribution in [1.29, 1.82) is 0 Å². The highest BCUT2D eigenvalue weighted by Gasteiger charge is 2.39. The quantitative estimate of drug-likeness (QED) is 0.0934. The van der Waals surface area contributed by atoms with Gasteiger partial charge in [0.25, 0.3) is 0 Å². The summed E-state index contributed by atoms with van der Waals surface area (Å²) in [6.07, 6.45) is 4.62. The van der Waals surface area contributed by atoms with Crippen molar-refractivity contribution in [3.05, 3.63) is 65.2 Å². The van der Waals surface area contributed by atoms with E-state index in [-0.39, 0.29) is 43.2 Å². The second-order valence-corrected chi connectivity index (χ2v) is 13.2. The van der Waals surface area contributed by atoms with Crippen LogP contribution in [0.5, 0.6) is 0 Å². The van der Waals surface area contributed by atoms with Crippen molar-refractivity contribution in [2.45, 2.75) is 115 Å². The number of amides is 2. The number of anilines is 1. The van der Waals surface area contributed by atoms with E-state index in [0.29, 0.717) is 37.9 Å². The molecule has 11 nitrogen and oxygen atoms in total. The zero-order valence-electron chi connectivity index (χ0n) is 27.2. The molecule has 252 valence electrons. The van der Waals surface area contributed by atoms with Crippen LogP contribution in [0.4, 0.5) is 5.69 Å². The van der Waals surface area contributed by atoms with Crippen molar-refractivity contribution < 1.29 is 38.9 Å². The minimum atomic E-state index is -0.697. The van der Waals surface area contributed by atoms with Gasteiger partial charge in [-0.15, -0.1) is 0 Å². The molecule has 0 radical (unpaired) electrons. The highest BCUT2D eigenvalue weighted by atomic mass is 16.7. The number of nitrogens with one attached hydrogen (secondary N) is 2. The van der Waals surface area contributed by atoms with Crippen LogP contribution in [0, 0.1) is 0 Å². The van der Waals surface area contributed by atoms with E-state index in [9.17, 15) is 19.5 Å². The molecule has 2 aromatic rings. The molecular weight excluding hydrogens is 590 g/mol. The molecule has 0 aliphatic carbocycles. The van der Waals surface area contributed by atoms with Gasteiger partial charge in [0.1, 0.15) is 11.6 Å². The molecule has 11 heteroatoms. The maximum absolute atomic E-state index is 13.0. The monoisotopic (exact) mass is 639 g/mol. The Morgan fingerprint density at radius 2 is 1.67 bits per heavy atom. The smallest absolute Gasteiger partial charge is 0.323 e. The second kappa shape index (κ2) is 17.0. The Balaban J connectivity index is 1.42. The summed E-state index contributed by atoms with van der Waals surface area (Å²) in [5.74, 6) is -0.707. The molecule has 0 aromatic heterocycles. The summed E-state index contributed by atoms with van der Waals surface area (Å²) in [7, 11) is 0. The number of hydrogen-bond acceptors (Lipinski definition) is 9. The standard InChI is InChI=1S/C35H49N3O8/c1-35(2,3)46-33(42)29-12-9-19-38(29)22-28-21-30(25-17-15-24(23-39)16-18-25)45-34(44-28)26-10-8-11-27(20-26)36-31(40)13-6-4-5-7-14-32(41)37-43/h8,10-11,15-18,20,28-30,34,39,43H,4-7,9,12-14,19,21-23H2,1-3H3,(H,36,40)(H,37,41)/t28-,29+,30+,34+/m1/s1. The van der Waals surface area contributed by atoms with Gasteiger partial charge in [0, 0.05) is 37.1 Å². The second-order valence-electron chi connectivity index (χ2n) is 13.2. The van der Waals surface area contributed by atoms with Crippen molar-refractivity contribution >= 4 is 23.5 Å². The predicted molar refractivity (Wildman–Crippen MR) is 172 cm³/mol. The van der Waals surface area contributed by atoms with Crippen LogP contribution in [0.3, 0.4) is 0 Å². The molecule has 2 saturated heterocycles. The first-order chi connectivity index (χ1) is 22.0. The maximum Gasteiger partial charge on any atom is 0.323 e. The molecule has 2 fully saturated rings. The minimum Gasteiger partial charge on any atom is -0.459 e. The van der Waals surface area contributed by atoms with E-state index < -0.39 is 17.8 Å². The molecule has 4 atom stereocenters. The van der Waals surface area contributed by atoms with Crippen molar-refractivity contribution in [3.63, 3.8) is 0 Å². The minimum absolute atomic E-state index is 0.0386. The zero-order chi connectivity index (χ0) is 33.1. The lowest BCUT2D eigenvalue weighted by atomic mass is 9.99. The van der Waals surface area contributed by atoms with Gasteiger partial charge in [0.2, 0.25) is 11.8 Å². The molecule has 4 rings (SSSR count). The van der Waals surface area contributed by atoms with Crippen LogP contribution >= 0.6 is 0 Å². The lowest BCUT2D eigenvalue weighted by Gasteiger charge is -2.38. The zero-order valence-corrected chi connectivity index (χ0v) is 27.2. The average molecular weight is 640 g/mol. The summed E-state index contributed by atoms with van der Waals surface area (Å²) in [4.78, 5) is 38.9. The lowest BCUT2D eigenvalue weighted by Crippen LogP contribution is -2.45. The van der Waals surface area contributed by atoms with Gasteiger partial charge in [-0.05, 0) is 76.3 Å². The number of rotatable bonds is 14. The van der Waals surface area contributed by atoms with Gasteiger partial charge in [-0.2, -0.15) is 0 Å². The summed E-state index contributed by atoms with van der Waals surface area (Å²) in [6, 6.07) is 14.9. The Kier molecular flexibility index (Phi) is 13.1. The number of hydrogen-bond donors (Lipinski definition) is 4. The van der Waals surface area contributed by atoms with Gasteiger partial charge in [0.05, 0.1) is 18.8 Å². The fourth-order valence-electron chi connectivity index (χ4n) is 5.94. The first-order valence-electron chi connectivity index (χ1n) is 16.3. The topological polar surface area (TPSA) is 147 Å². The number of carbonyl (C=O) groups is 3. The molecule has 2 aliphatic heterocycles. The Bertz CT molecular complexity index is 1300. The van der Waals surface area contributed by atoms with E-state index in [0.717, 1.165) is 48.9 Å². The van der Waals surface area contributed by atoms with Crippen LogP contribution in [0.25, 0.3) is 0 Å². The number of aliphatic hydroxyl groups is 1. The fraction of sp³-hybridized carbons (Fsp3) is 0.571. The number of ether oxygens (including phenoxy) is 3. The molecule has 0 spiro atoms. The summed E-state index contributed by atoms with van der Waals surface area (Å²) >= 11 is 0. The predicted octanol–water partition coefficient (Wildman–Crippen LogP) is 5.31. The van der Waals surface area contributed by atoms with Crippen molar-refractivity contribution in [1.82, 2.24) is 10.4 Å². The first kappa shape index (κ1) is 35.5. The van der Waals surface area contributed by atoms with E-state index in [2.05, 4.69) is 10.2 Å². The van der Waals surface area contributed by atoms with Crippen molar-refractivity contribution in [3.8, 4) is 0 Å². The summed E-state index contributed by atoms with van der Waals surface area (Å²) in [6.45, 7) is 6.93. The van der Waals surface area contributed by atoms with E-state index >= 15 is 0 Å². The van der Waals surface area contributed by atoms with Gasteiger partial charge < -0.3 is 24.6 Å². The third-order valence-corrected chi connectivity index (χ3v) is 8.22. The van der Waals surface area contributed by atoms with Gasteiger partial charge in [0.15, 0.2) is 6.29 Å². The molecule has 0 bridgehead atoms. The highest BCUT2D eigenvalue weighted by molar-refractivity contribution is 5.90.